The van der Waals surface area contributed by atoms with Crippen LogP contribution in [0.15, 0.2) is 200 Å². The topological polar surface area (TPSA) is 43.4 Å². The van der Waals surface area contributed by atoms with Crippen molar-refractivity contribution in [2.24, 2.45) is 0 Å². The van der Waals surface area contributed by atoms with Crippen molar-refractivity contribution >= 4 is 528 Å². The molecular formula is C93H68F18I18O3P4-2. The van der Waals surface area contributed by atoms with Crippen LogP contribution < -0.4 is 34.8 Å². The van der Waals surface area contributed by atoms with E-state index in [0.717, 1.165) is 84.7 Å². The van der Waals surface area contributed by atoms with E-state index in [1.165, 1.54) is 140 Å². The number of aldehydes is 2. The van der Waals surface area contributed by atoms with Crippen molar-refractivity contribution in [1.82, 2.24) is 0 Å². The van der Waals surface area contributed by atoms with Gasteiger partial charge in [-0.1, -0.05) is 137 Å². The Balaban J connectivity index is 0.000000476. The molecule has 732 valence electrons. The van der Waals surface area contributed by atoms with Crippen LogP contribution in [0.1, 0.15) is 125 Å². The van der Waals surface area contributed by atoms with Gasteiger partial charge in [0.1, 0.15) is 28.9 Å². The Morgan fingerprint density at radius 2 is 0.419 bits per heavy atom. The average Bonchev–Trinajstić information content (AvgIpc) is 0.744. The van der Waals surface area contributed by atoms with E-state index in [1.807, 2.05) is 12.1 Å². The van der Waals surface area contributed by atoms with Gasteiger partial charge in [-0.05, 0) is 656 Å². The van der Waals surface area contributed by atoms with Gasteiger partial charge in [0, 0.05) is 77.4 Å². The number of carbonyl (C=O) groups excluding carboxylic acids is 2. The fourth-order valence-electron chi connectivity index (χ4n) is 12.1. The van der Waals surface area contributed by atoms with Crippen LogP contribution in [0.4, 0.5) is 63.0 Å². The first-order chi connectivity index (χ1) is 61.4. The van der Waals surface area contributed by atoms with Crippen molar-refractivity contribution in [1.29, 1.82) is 0 Å². The Labute approximate surface area is 1030 Å². The molecule has 0 bridgehead atoms. The third-order valence-corrected chi connectivity index (χ3v) is 39.8. The van der Waals surface area contributed by atoms with Crippen LogP contribution in [0.25, 0.3) is 60.8 Å². The number of rotatable bonds is 23. The van der Waals surface area contributed by atoms with Crippen molar-refractivity contribution in [2.45, 2.75) is 53.1 Å². The molecule has 0 saturated carbocycles. The Morgan fingerprint density at radius 3 is 0.654 bits per heavy atom. The molecule has 0 aromatic heterocycles. The summed E-state index contributed by atoms with van der Waals surface area (Å²) in [6.07, 6.45) is 29.0. The number of aryl methyl sites for hydroxylation is 4. The van der Waals surface area contributed by atoms with Gasteiger partial charge in [0.2, 0.25) is 0 Å². The molecular weight excluding hydrogens is 3920 g/mol. The van der Waals surface area contributed by atoms with Crippen molar-refractivity contribution < 1.29 is 91.4 Å². The van der Waals surface area contributed by atoms with Gasteiger partial charge in [-0.2, -0.15) is 0 Å². The van der Waals surface area contributed by atoms with E-state index in [-0.39, 0.29) is 21.5 Å². The molecule has 0 atom stereocenters. The van der Waals surface area contributed by atoms with Crippen molar-refractivity contribution in [3.05, 3.63) is 359 Å². The first-order valence-corrected chi connectivity index (χ1v) is 63.9. The molecule has 136 heavy (non-hydrogen) atoms. The monoisotopic (exact) mass is 3980 g/mol. The first kappa shape index (κ1) is 132. The van der Waals surface area contributed by atoms with Gasteiger partial charge in [-0.25, -0.2) is 0 Å². The Bertz CT molecular complexity index is 6060. The predicted molar refractivity (Wildman–Crippen MR) is 688 cm³/mol. The van der Waals surface area contributed by atoms with Crippen molar-refractivity contribution in [2.75, 3.05) is 7.11 Å². The quantitative estimate of drug-likeness (QED) is 0.0211. The molecule has 12 aromatic carbocycles. The average molecular weight is 3980 g/mol. The number of hydrogen-bond acceptors (Lipinski definition) is 3. The van der Waals surface area contributed by atoms with Crippen LogP contribution in [0, 0.1) is 64.3 Å². The molecule has 0 N–H and O–H groups in total. The molecule has 0 saturated heterocycles. The first-order valence-electron chi connectivity index (χ1n) is 37.4. The summed E-state index contributed by atoms with van der Waals surface area (Å²) < 4.78 is 175. The second kappa shape index (κ2) is 59.8. The van der Waals surface area contributed by atoms with Crippen molar-refractivity contribution in [3.8, 4) is 5.75 Å². The number of methoxy groups -OCH3 is 1. The number of halogens is 36. The summed E-state index contributed by atoms with van der Waals surface area (Å²) in [5.74, 6) is 0.918. The van der Waals surface area contributed by atoms with E-state index in [2.05, 4.69) is 669 Å². The summed E-state index contributed by atoms with van der Waals surface area (Å²) in [5, 5.41) is 4.18. The molecule has 0 aliphatic carbocycles. The summed E-state index contributed by atoms with van der Waals surface area (Å²) in [7, 11) is -25.9. The van der Waals surface area contributed by atoms with Gasteiger partial charge in [-0.15, -0.1) is 0 Å². The van der Waals surface area contributed by atoms with Crippen LogP contribution in [0.2, 0.25) is 0 Å². The zero-order valence-electron chi connectivity index (χ0n) is 68.6. The van der Waals surface area contributed by atoms with E-state index in [1.54, 1.807) is 7.11 Å². The van der Waals surface area contributed by atoms with Gasteiger partial charge in [0.05, 0.1) is 16.8 Å². The predicted octanol–water partition coefficient (Wildman–Crippen LogP) is 33.4. The number of ether oxygens (including phenoxy) is 1. The van der Waals surface area contributed by atoms with E-state index in [9.17, 15) is 72.5 Å². The second-order valence-corrected chi connectivity index (χ2v) is 55.8. The summed E-state index contributed by atoms with van der Waals surface area (Å²) in [6.45, 7) is 4.42. The van der Waals surface area contributed by atoms with Crippen LogP contribution in [0.5, 0.6) is 5.75 Å². The zero-order valence-corrected chi connectivity index (χ0v) is 111. The molecule has 0 aliphatic rings. The van der Waals surface area contributed by atoms with Crippen LogP contribution in [-0.4, -0.2) is 19.7 Å². The summed E-state index contributed by atoms with van der Waals surface area (Å²) in [6, 6.07) is 73.1. The van der Waals surface area contributed by atoms with E-state index in [0.29, 0.717) is 0 Å². The fraction of sp³-hybridized carbons (Fsp3) is 0.0968. The molecule has 0 heterocycles. The molecule has 0 spiro atoms. The molecule has 0 fully saturated rings. The Morgan fingerprint density at radius 1 is 0.250 bits per heavy atom. The summed E-state index contributed by atoms with van der Waals surface area (Å²) >= 11 is 43.3. The molecule has 0 unspecified atom stereocenters. The fourth-order valence-corrected chi connectivity index (χ4v) is 29.5. The van der Waals surface area contributed by atoms with E-state index >= 15 is 0 Å². The maximum Gasteiger partial charge on any atom is 0.151 e. The standard InChI is InChI=1S/C34H24I4OP.C33H22I8O.C25H18I6O.CH4.3F5P.3FH/c35-31-20-26(22-39)33(37)18-24(31)16-17-25-19-34(38)27(21-32(25)36)23-40(28-10-4-1-5-11-28,29-12-6-2-7-13-29)30-14-8-3-9-15-30;1-2-18-9-27(35)19(10-26(18)34)3-4-20-11-29(37)21(12-28(20)36)5-6-22-13-31(39)23(14-30(22)38)7-8-24-15-33(41)25(17-42)16-32(24)40;1-3-14-8-20(27)15(9-19(14)26)4-5-16-10-22(29)17(11-21(16)28)6-7-18-12-24(31)25(32-2)13-23(18)30;;3*1-6(2,3,4)5;;;/h1-22H,23H2;3-6,9-17H,2,7-8H2,1H3;4-13H,3H2,1-2H3;1H4;;;;3*1H/q+1;;;;;;;;;/p-3/b17-16-;4-3-,6-5-;5-4-,7-6-;;;;;;;. The number of carbonyl (C=O) groups is 2. The van der Waals surface area contributed by atoms with Crippen molar-refractivity contribution in [3.63, 3.8) is 0 Å². The molecule has 0 aliphatic heterocycles. The van der Waals surface area contributed by atoms with Crippen LogP contribution >= 0.6 is 438 Å². The van der Waals surface area contributed by atoms with Gasteiger partial charge >= 0.3 is 87.4 Å². The smallest absolute Gasteiger partial charge is 0.151 e. The third kappa shape index (κ3) is 45.7. The minimum absolute atomic E-state index is 0. The van der Waals surface area contributed by atoms with E-state index < -0.39 is 31.7 Å². The number of hydrogen-bond donors (Lipinski definition) is 0. The molecule has 12 aromatic rings. The van der Waals surface area contributed by atoms with Gasteiger partial charge in [0.15, 0.2) is 12.6 Å². The third-order valence-electron chi connectivity index (χ3n) is 18.3. The SMILES string of the molecule is C.CCc1cc(I)c(/C=C\c2cc(I)c(/C=C\c3cc(I)c(CCc4cc(I)c(C=O)cc4I)cc3I)cc2I)cc1I.CCc1cc(I)c(/C=C\c2cc(I)c(/C=C\c3cc(I)c(OC)cc3I)cc2I)cc1I.FP(F)(F)(F)F.FP(F)(F)(F)F.FP(F)(F)(F)F.O=Cc1cc(I)c(/C=C\c2cc(I)c(C[P+](c3ccccc3)(c3ccccc3)c3ccccc3)cc2I)cc1I.[F-].[F-].[F-]. The molecule has 3 nitrogen and oxygen atoms in total. The summed E-state index contributed by atoms with van der Waals surface area (Å²) in [5.41, 5.74) is 20.5. The van der Waals surface area contributed by atoms with Gasteiger partial charge in [-0.3, -0.25) is 9.59 Å². The normalized spacial score (nSPS) is 12.3. The largest absolute Gasteiger partial charge is 1.00 e. The Kier molecular flexibility index (Phi) is 58.1. The minimum atomic E-state index is -8.55. The molecule has 0 radical (unpaired) electrons. The van der Waals surface area contributed by atoms with Crippen LogP contribution in [-0.2, 0) is 31.8 Å². The number of benzene rings is 12. The van der Waals surface area contributed by atoms with Crippen LogP contribution in [0.3, 0.4) is 0 Å². The minimum Gasteiger partial charge on any atom is -1.00 e. The van der Waals surface area contributed by atoms with E-state index in [4.69, 9.17) is 4.74 Å². The maximum atomic E-state index is 11.3. The molecule has 0 amide bonds. The molecule has 12 rings (SSSR count). The van der Waals surface area contributed by atoms with Gasteiger partial charge < -0.3 is 18.9 Å². The maximum absolute atomic E-state index is 11.3. The summed E-state index contributed by atoms with van der Waals surface area (Å²) in [4.78, 5) is 22.6. The molecule has 43 heteroatoms. The van der Waals surface area contributed by atoms with Gasteiger partial charge in [0.25, 0.3) is 0 Å². The Hall–Kier alpha value is 2.08. The second-order valence-electron chi connectivity index (χ2n) is 27.5. The zero-order chi connectivity index (χ0) is 98.4.